The zero-order valence-corrected chi connectivity index (χ0v) is 10.5. The Labute approximate surface area is 98.2 Å². The van der Waals surface area contributed by atoms with E-state index in [1.165, 1.54) is 5.56 Å². The first kappa shape index (κ1) is 12.0. The number of halogens is 2. The number of nitrogens with one attached hydrogen (secondary N) is 2. The smallest absolute Gasteiger partial charge is 0.0420 e. The Morgan fingerprint density at radius 3 is 2.71 bits per heavy atom. The van der Waals surface area contributed by atoms with Gasteiger partial charge in [-0.15, -0.1) is 0 Å². The number of hydrogen-bond donors (Lipinski definition) is 2. The van der Waals surface area contributed by atoms with Gasteiger partial charge in [0.1, 0.15) is 0 Å². The Hall–Kier alpha value is -0.0900. The molecule has 0 saturated heterocycles. The lowest BCUT2D eigenvalue weighted by atomic mass is 10.2. The van der Waals surface area contributed by atoms with Crippen LogP contribution in [0, 0.1) is 0 Å². The van der Waals surface area contributed by atoms with Crippen LogP contribution in [-0.2, 0) is 6.54 Å². The normalized spacial score (nSPS) is 10.5. The molecule has 0 radical (unpaired) electrons. The van der Waals surface area contributed by atoms with Crippen LogP contribution < -0.4 is 10.6 Å². The third-order valence-corrected chi connectivity index (χ3v) is 2.48. The first-order valence-corrected chi connectivity index (χ1v) is 5.70. The molecule has 0 atom stereocenters. The summed E-state index contributed by atoms with van der Waals surface area (Å²) in [6, 6.07) is 5.93. The molecule has 2 N–H and O–H groups in total. The van der Waals surface area contributed by atoms with Crippen molar-refractivity contribution < 1.29 is 0 Å². The van der Waals surface area contributed by atoms with Crippen molar-refractivity contribution in [1.82, 2.24) is 10.6 Å². The highest BCUT2D eigenvalue weighted by Gasteiger charge is 1.97. The van der Waals surface area contributed by atoms with Gasteiger partial charge in [0.25, 0.3) is 0 Å². The highest BCUT2D eigenvalue weighted by atomic mass is 79.9. The second-order valence-corrected chi connectivity index (χ2v) is 4.41. The molecule has 2 nitrogen and oxygen atoms in total. The van der Waals surface area contributed by atoms with Crippen molar-refractivity contribution in [2.75, 3.05) is 20.1 Å². The third kappa shape index (κ3) is 4.42. The van der Waals surface area contributed by atoms with Crippen molar-refractivity contribution in [1.29, 1.82) is 0 Å². The van der Waals surface area contributed by atoms with E-state index in [1.54, 1.807) is 0 Å². The average molecular weight is 278 g/mol. The lowest BCUT2D eigenvalue weighted by Crippen LogP contribution is -2.24. The minimum Gasteiger partial charge on any atom is -0.318 e. The molecule has 0 heterocycles. The number of benzene rings is 1. The zero-order valence-electron chi connectivity index (χ0n) is 8.11. The van der Waals surface area contributed by atoms with E-state index in [0.717, 1.165) is 29.1 Å². The second kappa shape index (κ2) is 6.40. The Morgan fingerprint density at radius 1 is 1.29 bits per heavy atom. The van der Waals surface area contributed by atoms with Gasteiger partial charge in [-0.2, -0.15) is 0 Å². The standard InChI is InChI=1S/C10H14BrClN2/c1-13-2-3-14-7-8-4-9(11)6-10(12)5-8/h4-6,13-14H,2-3,7H2,1H3. The van der Waals surface area contributed by atoms with Gasteiger partial charge in [-0.25, -0.2) is 0 Å². The topological polar surface area (TPSA) is 24.1 Å². The predicted molar refractivity (Wildman–Crippen MR) is 64.8 cm³/mol. The van der Waals surface area contributed by atoms with Crippen LogP contribution >= 0.6 is 27.5 Å². The number of hydrogen-bond acceptors (Lipinski definition) is 2. The van der Waals surface area contributed by atoms with Crippen LogP contribution in [0.1, 0.15) is 5.56 Å². The summed E-state index contributed by atoms with van der Waals surface area (Å²) in [5.41, 5.74) is 1.19. The fraction of sp³-hybridized carbons (Fsp3) is 0.400. The van der Waals surface area contributed by atoms with Gasteiger partial charge >= 0.3 is 0 Å². The molecule has 0 spiro atoms. The van der Waals surface area contributed by atoms with Crippen molar-refractivity contribution in [3.05, 3.63) is 33.3 Å². The van der Waals surface area contributed by atoms with Crippen molar-refractivity contribution in [3.63, 3.8) is 0 Å². The van der Waals surface area contributed by atoms with Crippen molar-refractivity contribution in [2.45, 2.75) is 6.54 Å². The molecule has 1 rings (SSSR count). The maximum absolute atomic E-state index is 5.92. The number of rotatable bonds is 5. The fourth-order valence-electron chi connectivity index (χ4n) is 1.16. The molecule has 0 unspecified atom stereocenters. The highest BCUT2D eigenvalue weighted by molar-refractivity contribution is 9.10. The van der Waals surface area contributed by atoms with Crippen LogP contribution in [0.25, 0.3) is 0 Å². The van der Waals surface area contributed by atoms with E-state index in [9.17, 15) is 0 Å². The molecular formula is C10H14BrClN2. The third-order valence-electron chi connectivity index (χ3n) is 1.80. The molecular weight excluding hydrogens is 263 g/mol. The van der Waals surface area contributed by atoms with Crippen molar-refractivity contribution in [3.8, 4) is 0 Å². The van der Waals surface area contributed by atoms with Crippen LogP contribution in [0.15, 0.2) is 22.7 Å². The summed E-state index contributed by atoms with van der Waals surface area (Å²) >= 11 is 9.33. The van der Waals surface area contributed by atoms with Gasteiger partial charge in [0, 0.05) is 29.1 Å². The van der Waals surface area contributed by atoms with E-state index in [2.05, 4.69) is 32.6 Å². The van der Waals surface area contributed by atoms with E-state index in [0.29, 0.717) is 0 Å². The van der Waals surface area contributed by atoms with Gasteiger partial charge in [-0.1, -0.05) is 27.5 Å². The van der Waals surface area contributed by atoms with Gasteiger partial charge in [0.05, 0.1) is 0 Å². The first-order chi connectivity index (χ1) is 6.72. The Kier molecular flexibility index (Phi) is 5.48. The van der Waals surface area contributed by atoms with Crippen LogP contribution in [-0.4, -0.2) is 20.1 Å². The Morgan fingerprint density at radius 2 is 2.07 bits per heavy atom. The van der Waals surface area contributed by atoms with Crippen molar-refractivity contribution >= 4 is 27.5 Å². The van der Waals surface area contributed by atoms with Crippen LogP contribution in [0.5, 0.6) is 0 Å². The Bertz CT molecular complexity index is 271. The molecule has 4 heteroatoms. The molecule has 0 fully saturated rings. The summed E-state index contributed by atoms with van der Waals surface area (Å²) in [6.07, 6.45) is 0. The fourth-order valence-corrected chi connectivity index (χ4v) is 2.09. The van der Waals surface area contributed by atoms with E-state index < -0.39 is 0 Å². The lowest BCUT2D eigenvalue weighted by Gasteiger charge is -2.05. The largest absolute Gasteiger partial charge is 0.318 e. The number of likely N-dealkylation sites (N-methyl/N-ethyl adjacent to an activating group) is 1. The summed E-state index contributed by atoms with van der Waals surface area (Å²) < 4.78 is 1.02. The van der Waals surface area contributed by atoms with Crippen LogP contribution in [0.4, 0.5) is 0 Å². The van der Waals surface area contributed by atoms with Crippen LogP contribution in [0.3, 0.4) is 0 Å². The molecule has 1 aromatic carbocycles. The average Bonchev–Trinajstić information content (AvgIpc) is 2.11. The van der Waals surface area contributed by atoms with E-state index >= 15 is 0 Å². The molecule has 0 aliphatic rings. The minimum absolute atomic E-state index is 0.768. The lowest BCUT2D eigenvalue weighted by molar-refractivity contribution is 0.650. The van der Waals surface area contributed by atoms with Crippen molar-refractivity contribution in [2.24, 2.45) is 0 Å². The summed E-state index contributed by atoms with van der Waals surface area (Å²) in [5.74, 6) is 0. The Balaban J connectivity index is 2.42. The summed E-state index contributed by atoms with van der Waals surface area (Å²) in [6.45, 7) is 2.78. The predicted octanol–water partition coefficient (Wildman–Crippen LogP) is 2.41. The minimum atomic E-state index is 0.768. The molecule has 0 aliphatic heterocycles. The van der Waals surface area contributed by atoms with Gasteiger partial charge < -0.3 is 10.6 Å². The van der Waals surface area contributed by atoms with Gasteiger partial charge in [0.2, 0.25) is 0 Å². The van der Waals surface area contributed by atoms with E-state index in [4.69, 9.17) is 11.6 Å². The van der Waals surface area contributed by atoms with Crippen LogP contribution in [0.2, 0.25) is 5.02 Å². The quantitative estimate of drug-likeness (QED) is 0.808. The zero-order chi connectivity index (χ0) is 10.4. The monoisotopic (exact) mass is 276 g/mol. The van der Waals surface area contributed by atoms with Gasteiger partial charge in [-0.05, 0) is 30.8 Å². The molecule has 78 valence electrons. The van der Waals surface area contributed by atoms with E-state index in [1.807, 2.05) is 19.2 Å². The summed E-state index contributed by atoms with van der Waals surface area (Å²) in [5, 5.41) is 7.16. The highest BCUT2D eigenvalue weighted by Crippen LogP contribution is 2.19. The van der Waals surface area contributed by atoms with E-state index in [-0.39, 0.29) is 0 Å². The molecule has 0 saturated carbocycles. The molecule has 1 aromatic rings. The first-order valence-electron chi connectivity index (χ1n) is 4.52. The van der Waals surface area contributed by atoms with Gasteiger partial charge in [-0.3, -0.25) is 0 Å². The summed E-state index contributed by atoms with van der Waals surface area (Å²) in [7, 11) is 1.94. The molecule has 14 heavy (non-hydrogen) atoms. The SMILES string of the molecule is CNCCNCc1cc(Cl)cc(Br)c1. The second-order valence-electron chi connectivity index (χ2n) is 3.06. The molecule has 0 bridgehead atoms. The maximum atomic E-state index is 5.92. The van der Waals surface area contributed by atoms with Gasteiger partial charge in [0.15, 0.2) is 0 Å². The molecule has 0 aromatic heterocycles. The summed E-state index contributed by atoms with van der Waals surface area (Å²) in [4.78, 5) is 0. The molecule has 0 amide bonds. The maximum Gasteiger partial charge on any atom is 0.0420 e. The molecule has 0 aliphatic carbocycles.